The van der Waals surface area contributed by atoms with Crippen LogP contribution in [0.3, 0.4) is 0 Å². The van der Waals surface area contributed by atoms with E-state index >= 15 is 4.39 Å². The lowest BCUT2D eigenvalue weighted by Gasteiger charge is -2.11. The maximum Gasteiger partial charge on any atom is 0.194 e. The number of hydrogen-bond donors (Lipinski definition) is 0. The third kappa shape index (κ3) is 2.82. The normalized spacial score (nSPS) is 12.2. The standard InChI is InChI=1S/C22H15F5/c1-2-3-11-4-5-14-12(6-11)7-16-15(14)10-17(23)20(21(16)26)13-8-18(24)22(27)19(25)9-13/h4-6,8-10H,2-3,7H2,1H3. The van der Waals surface area contributed by atoms with Crippen molar-refractivity contribution in [2.24, 2.45) is 0 Å². The molecule has 0 amide bonds. The minimum absolute atomic E-state index is 0.271. The number of rotatable bonds is 3. The van der Waals surface area contributed by atoms with E-state index < -0.39 is 34.6 Å². The predicted molar refractivity (Wildman–Crippen MR) is 93.9 cm³/mol. The molecule has 0 aromatic heterocycles. The van der Waals surface area contributed by atoms with E-state index in [-0.39, 0.29) is 17.5 Å². The molecule has 0 fully saturated rings. The second-order valence-electron chi connectivity index (χ2n) is 6.75. The molecule has 0 bridgehead atoms. The number of aryl methyl sites for hydroxylation is 1. The van der Waals surface area contributed by atoms with Crippen molar-refractivity contribution in [3.05, 3.63) is 82.2 Å². The largest absolute Gasteiger partial charge is 0.206 e. The van der Waals surface area contributed by atoms with Crippen LogP contribution in [0.4, 0.5) is 22.0 Å². The summed E-state index contributed by atoms with van der Waals surface area (Å²) in [7, 11) is 0. The maximum atomic E-state index is 15.1. The van der Waals surface area contributed by atoms with Gasteiger partial charge in [0.2, 0.25) is 0 Å². The van der Waals surface area contributed by atoms with Gasteiger partial charge in [-0.1, -0.05) is 31.5 Å². The Kier molecular flexibility index (Phi) is 4.25. The molecular weight excluding hydrogens is 359 g/mol. The molecule has 0 spiro atoms. The van der Waals surface area contributed by atoms with Crippen molar-refractivity contribution in [1.82, 2.24) is 0 Å². The van der Waals surface area contributed by atoms with Gasteiger partial charge in [0.1, 0.15) is 11.6 Å². The zero-order chi connectivity index (χ0) is 19.3. The van der Waals surface area contributed by atoms with Crippen LogP contribution in [-0.2, 0) is 12.8 Å². The summed E-state index contributed by atoms with van der Waals surface area (Å²) in [5, 5.41) is 0. The molecule has 0 saturated heterocycles. The van der Waals surface area contributed by atoms with Gasteiger partial charge in [0, 0.05) is 12.0 Å². The monoisotopic (exact) mass is 374 g/mol. The molecule has 0 heterocycles. The van der Waals surface area contributed by atoms with Gasteiger partial charge in [-0.3, -0.25) is 0 Å². The molecular formula is C22H15F5. The zero-order valence-electron chi connectivity index (χ0n) is 14.5. The van der Waals surface area contributed by atoms with Gasteiger partial charge in [-0.25, -0.2) is 22.0 Å². The number of halogens is 5. The Morgan fingerprint density at radius 2 is 1.48 bits per heavy atom. The Labute approximate surface area is 153 Å². The van der Waals surface area contributed by atoms with Crippen molar-refractivity contribution in [3.63, 3.8) is 0 Å². The molecule has 0 N–H and O–H groups in total. The van der Waals surface area contributed by atoms with Crippen LogP contribution in [0.25, 0.3) is 22.3 Å². The molecule has 3 aromatic carbocycles. The molecule has 1 aliphatic carbocycles. The first-order valence-electron chi connectivity index (χ1n) is 8.68. The highest BCUT2D eigenvalue weighted by Crippen LogP contribution is 2.43. The predicted octanol–water partition coefficient (Wildman–Crippen LogP) is 6.57. The van der Waals surface area contributed by atoms with Crippen molar-refractivity contribution in [2.45, 2.75) is 26.2 Å². The summed E-state index contributed by atoms with van der Waals surface area (Å²) in [6.07, 6.45) is 2.13. The molecule has 27 heavy (non-hydrogen) atoms. The SMILES string of the molecule is CCCc1ccc2c(c1)Cc1c-2cc(F)c(-c2cc(F)c(F)c(F)c2)c1F. The summed E-state index contributed by atoms with van der Waals surface area (Å²) in [5.41, 5.74) is 2.57. The van der Waals surface area contributed by atoms with Crippen LogP contribution in [0.15, 0.2) is 36.4 Å². The van der Waals surface area contributed by atoms with Gasteiger partial charge in [-0.2, -0.15) is 0 Å². The van der Waals surface area contributed by atoms with Crippen molar-refractivity contribution in [1.29, 1.82) is 0 Å². The van der Waals surface area contributed by atoms with Crippen molar-refractivity contribution in [3.8, 4) is 22.3 Å². The van der Waals surface area contributed by atoms with Gasteiger partial charge in [-0.15, -0.1) is 0 Å². The second kappa shape index (κ2) is 6.48. The molecule has 0 atom stereocenters. The fraction of sp³-hybridized carbons (Fsp3) is 0.182. The van der Waals surface area contributed by atoms with E-state index in [9.17, 15) is 17.6 Å². The molecule has 4 rings (SSSR count). The van der Waals surface area contributed by atoms with Gasteiger partial charge in [-0.05, 0) is 52.4 Å². The molecule has 5 heteroatoms. The highest BCUT2D eigenvalue weighted by atomic mass is 19.2. The van der Waals surface area contributed by atoms with Crippen LogP contribution < -0.4 is 0 Å². The van der Waals surface area contributed by atoms with Gasteiger partial charge in [0.05, 0.1) is 5.56 Å². The summed E-state index contributed by atoms with van der Waals surface area (Å²) in [4.78, 5) is 0. The Bertz CT molecular complexity index is 1050. The Morgan fingerprint density at radius 3 is 2.15 bits per heavy atom. The van der Waals surface area contributed by atoms with E-state index in [1.54, 1.807) is 0 Å². The van der Waals surface area contributed by atoms with E-state index in [4.69, 9.17) is 0 Å². The highest BCUT2D eigenvalue weighted by Gasteiger charge is 2.27. The summed E-state index contributed by atoms with van der Waals surface area (Å²) < 4.78 is 70.0. The first kappa shape index (κ1) is 17.7. The van der Waals surface area contributed by atoms with Crippen LogP contribution in [0.2, 0.25) is 0 Å². The molecule has 0 saturated carbocycles. The van der Waals surface area contributed by atoms with Crippen LogP contribution >= 0.6 is 0 Å². The van der Waals surface area contributed by atoms with Crippen molar-refractivity contribution in [2.75, 3.05) is 0 Å². The molecule has 138 valence electrons. The van der Waals surface area contributed by atoms with Gasteiger partial charge < -0.3 is 0 Å². The fourth-order valence-corrected chi connectivity index (χ4v) is 3.73. The van der Waals surface area contributed by atoms with Gasteiger partial charge in [0.25, 0.3) is 0 Å². The van der Waals surface area contributed by atoms with E-state index in [0.29, 0.717) is 17.7 Å². The topological polar surface area (TPSA) is 0 Å². The minimum Gasteiger partial charge on any atom is -0.206 e. The summed E-state index contributed by atoms with van der Waals surface area (Å²) in [6.45, 7) is 2.06. The third-order valence-corrected chi connectivity index (χ3v) is 4.96. The lowest BCUT2D eigenvalue weighted by molar-refractivity contribution is 0.447. The average molecular weight is 374 g/mol. The second-order valence-corrected chi connectivity index (χ2v) is 6.75. The molecule has 0 unspecified atom stereocenters. The zero-order valence-corrected chi connectivity index (χ0v) is 14.5. The molecule has 0 aliphatic heterocycles. The van der Waals surface area contributed by atoms with Crippen LogP contribution in [-0.4, -0.2) is 0 Å². The Hall–Kier alpha value is -2.69. The van der Waals surface area contributed by atoms with E-state index in [2.05, 4.69) is 6.92 Å². The van der Waals surface area contributed by atoms with Crippen LogP contribution in [0, 0.1) is 29.1 Å². The van der Waals surface area contributed by atoms with E-state index in [1.807, 2.05) is 18.2 Å². The Balaban J connectivity index is 1.86. The lowest BCUT2D eigenvalue weighted by Crippen LogP contribution is -1.99. The third-order valence-electron chi connectivity index (χ3n) is 4.96. The molecule has 0 radical (unpaired) electrons. The first-order chi connectivity index (χ1) is 12.9. The van der Waals surface area contributed by atoms with Crippen LogP contribution in [0.5, 0.6) is 0 Å². The van der Waals surface area contributed by atoms with E-state index in [0.717, 1.165) is 29.5 Å². The van der Waals surface area contributed by atoms with Gasteiger partial charge in [0.15, 0.2) is 17.5 Å². The summed E-state index contributed by atoms with van der Waals surface area (Å²) in [6, 6.07) is 8.15. The van der Waals surface area contributed by atoms with Crippen LogP contribution in [0.1, 0.15) is 30.0 Å². The van der Waals surface area contributed by atoms with E-state index in [1.165, 1.54) is 6.07 Å². The smallest absolute Gasteiger partial charge is 0.194 e. The summed E-state index contributed by atoms with van der Waals surface area (Å²) in [5.74, 6) is -6.46. The Morgan fingerprint density at radius 1 is 0.778 bits per heavy atom. The molecule has 3 aromatic rings. The maximum absolute atomic E-state index is 15.1. The summed E-state index contributed by atoms with van der Waals surface area (Å²) >= 11 is 0. The van der Waals surface area contributed by atoms with Crippen molar-refractivity contribution >= 4 is 0 Å². The number of benzene rings is 3. The first-order valence-corrected chi connectivity index (χ1v) is 8.68. The number of fused-ring (bicyclic) bond motifs is 3. The molecule has 0 nitrogen and oxygen atoms in total. The quantitative estimate of drug-likeness (QED) is 0.281. The lowest BCUT2D eigenvalue weighted by atomic mass is 9.97. The number of hydrogen-bond acceptors (Lipinski definition) is 0. The fourth-order valence-electron chi connectivity index (χ4n) is 3.73. The van der Waals surface area contributed by atoms with Gasteiger partial charge >= 0.3 is 0 Å². The highest BCUT2D eigenvalue weighted by molar-refractivity contribution is 5.81. The molecule has 1 aliphatic rings. The van der Waals surface area contributed by atoms with Crippen molar-refractivity contribution < 1.29 is 22.0 Å². The average Bonchev–Trinajstić information content (AvgIpc) is 2.98. The minimum atomic E-state index is -1.67.